The van der Waals surface area contributed by atoms with Gasteiger partial charge in [-0.3, -0.25) is 9.78 Å². The molecule has 1 atom stereocenters. The van der Waals surface area contributed by atoms with Crippen LogP contribution >= 0.6 is 11.8 Å². The van der Waals surface area contributed by atoms with Crippen LogP contribution in [-0.2, 0) is 9.59 Å². The fourth-order valence-electron chi connectivity index (χ4n) is 3.02. The lowest BCUT2D eigenvalue weighted by Gasteiger charge is -2.47. The Morgan fingerprint density at radius 1 is 1.43 bits per heavy atom. The normalized spacial score (nSPS) is 20.1. The fraction of sp³-hybridized carbons (Fsp3) is 0.611. The van der Waals surface area contributed by atoms with Crippen molar-refractivity contribution in [1.29, 1.82) is 0 Å². The second kappa shape index (κ2) is 9.49. The smallest absolute Gasteiger partial charge is 0.488 e. The van der Waals surface area contributed by atoms with Crippen molar-refractivity contribution in [3.05, 3.63) is 24.5 Å². The number of pyridine rings is 1. The summed E-state index contributed by atoms with van der Waals surface area (Å²) in [7, 11) is 0. The molecule has 0 saturated carbocycles. The Morgan fingerprint density at radius 2 is 2.11 bits per heavy atom. The van der Waals surface area contributed by atoms with E-state index in [4.69, 9.17) is 14.6 Å². The summed E-state index contributed by atoms with van der Waals surface area (Å²) < 4.78 is 38.0. The van der Waals surface area contributed by atoms with Gasteiger partial charge in [-0.05, 0) is 18.6 Å². The van der Waals surface area contributed by atoms with Gasteiger partial charge in [-0.25, -0.2) is 4.79 Å². The minimum Gasteiger partial charge on any atom is -0.488 e. The number of halogens is 3. The van der Waals surface area contributed by atoms with E-state index in [0.29, 0.717) is 12.3 Å². The van der Waals surface area contributed by atoms with E-state index in [1.807, 2.05) is 28.8 Å². The maximum atomic E-state index is 12.0. The molecule has 2 saturated heterocycles. The average molecular weight is 420 g/mol. The number of amides is 1. The van der Waals surface area contributed by atoms with Gasteiger partial charge >= 0.3 is 12.1 Å². The van der Waals surface area contributed by atoms with E-state index in [2.05, 4.69) is 11.9 Å². The van der Waals surface area contributed by atoms with Crippen LogP contribution in [0, 0.1) is 0 Å². The number of rotatable bonds is 5. The number of aliphatic carboxylic acids is 1. The number of ether oxygens (including phenoxy) is 1. The van der Waals surface area contributed by atoms with Crippen LogP contribution in [0.2, 0.25) is 0 Å². The summed E-state index contributed by atoms with van der Waals surface area (Å²) in [6.45, 7) is 3.91. The quantitative estimate of drug-likeness (QED) is 0.787. The van der Waals surface area contributed by atoms with E-state index in [9.17, 15) is 18.0 Å². The molecule has 1 amide bonds. The zero-order valence-electron chi connectivity index (χ0n) is 15.4. The Bertz CT molecular complexity index is 667. The second-order valence-electron chi connectivity index (χ2n) is 6.78. The molecule has 1 aromatic rings. The van der Waals surface area contributed by atoms with Crippen LogP contribution in [0.15, 0.2) is 24.5 Å². The average Bonchev–Trinajstić information content (AvgIpc) is 3.03. The van der Waals surface area contributed by atoms with Gasteiger partial charge in [0.1, 0.15) is 11.9 Å². The number of carboxylic acid groups (broad SMARTS) is 1. The van der Waals surface area contributed by atoms with E-state index in [1.54, 1.807) is 12.4 Å². The first-order valence-corrected chi connectivity index (χ1v) is 9.92. The van der Waals surface area contributed by atoms with Gasteiger partial charge in [0.2, 0.25) is 5.91 Å². The monoisotopic (exact) mass is 420 g/mol. The van der Waals surface area contributed by atoms with Crippen molar-refractivity contribution in [2.45, 2.75) is 49.6 Å². The SMILES string of the molecule is CCCCC(=O)N1CC2(CC(Oc3cccnc3)CS2)C1.O=C(O)C(F)(F)F. The fourth-order valence-corrected chi connectivity index (χ4v) is 4.54. The number of nitrogens with zero attached hydrogens (tertiary/aromatic N) is 2. The molecule has 3 rings (SSSR count). The number of carboxylic acids is 1. The van der Waals surface area contributed by atoms with Gasteiger partial charge < -0.3 is 14.7 Å². The molecule has 2 aliphatic rings. The van der Waals surface area contributed by atoms with Crippen LogP contribution in [-0.4, -0.2) is 62.7 Å². The van der Waals surface area contributed by atoms with E-state index >= 15 is 0 Å². The number of thioether (sulfide) groups is 1. The molecular weight excluding hydrogens is 397 g/mol. The first-order valence-electron chi connectivity index (χ1n) is 8.94. The second-order valence-corrected chi connectivity index (χ2v) is 8.27. The number of alkyl halides is 3. The molecule has 0 radical (unpaired) electrons. The summed E-state index contributed by atoms with van der Waals surface area (Å²) in [5, 5.41) is 7.12. The van der Waals surface area contributed by atoms with Crippen LogP contribution in [0.1, 0.15) is 32.6 Å². The van der Waals surface area contributed by atoms with Crippen molar-refractivity contribution in [3.63, 3.8) is 0 Å². The molecule has 0 aliphatic carbocycles. The first-order chi connectivity index (χ1) is 13.1. The van der Waals surface area contributed by atoms with Gasteiger partial charge in [0, 0.05) is 37.9 Å². The molecule has 1 aromatic heterocycles. The lowest BCUT2D eigenvalue weighted by atomic mass is 9.92. The molecule has 10 heteroatoms. The Hall–Kier alpha value is -1.97. The van der Waals surface area contributed by atoms with Crippen LogP contribution < -0.4 is 4.74 Å². The zero-order chi connectivity index (χ0) is 20.8. The van der Waals surface area contributed by atoms with Crippen molar-refractivity contribution in [3.8, 4) is 5.75 Å². The molecule has 6 nitrogen and oxygen atoms in total. The maximum absolute atomic E-state index is 12.0. The highest BCUT2D eigenvalue weighted by molar-refractivity contribution is 8.01. The number of unbranched alkanes of at least 4 members (excludes halogenated alkanes) is 1. The predicted molar refractivity (Wildman–Crippen MR) is 98.3 cm³/mol. The van der Waals surface area contributed by atoms with Crippen LogP contribution in [0.5, 0.6) is 5.75 Å². The Labute approximate surface area is 165 Å². The topological polar surface area (TPSA) is 79.7 Å². The van der Waals surface area contributed by atoms with Crippen LogP contribution in [0.25, 0.3) is 0 Å². The van der Waals surface area contributed by atoms with Crippen LogP contribution in [0.3, 0.4) is 0 Å². The summed E-state index contributed by atoms with van der Waals surface area (Å²) in [6.07, 6.45) is 2.49. The molecule has 2 aliphatic heterocycles. The predicted octanol–water partition coefficient (Wildman–Crippen LogP) is 3.37. The van der Waals surface area contributed by atoms with Crippen molar-refractivity contribution >= 4 is 23.6 Å². The van der Waals surface area contributed by atoms with Gasteiger partial charge in [0.15, 0.2) is 0 Å². The summed E-state index contributed by atoms with van der Waals surface area (Å²) in [5.74, 6) is -0.589. The Balaban J connectivity index is 0.000000345. The Kier molecular flexibility index (Phi) is 7.56. The van der Waals surface area contributed by atoms with Crippen molar-refractivity contribution in [1.82, 2.24) is 9.88 Å². The van der Waals surface area contributed by atoms with Gasteiger partial charge in [0.05, 0.1) is 10.9 Å². The van der Waals surface area contributed by atoms with Crippen molar-refractivity contribution in [2.24, 2.45) is 0 Å². The van der Waals surface area contributed by atoms with Gasteiger partial charge in [0.25, 0.3) is 0 Å². The summed E-state index contributed by atoms with van der Waals surface area (Å²) >= 11 is 1.96. The first kappa shape index (κ1) is 22.3. The summed E-state index contributed by atoms with van der Waals surface area (Å²) in [6, 6.07) is 3.84. The molecule has 0 aromatic carbocycles. The van der Waals surface area contributed by atoms with Gasteiger partial charge in [-0.15, -0.1) is 11.8 Å². The van der Waals surface area contributed by atoms with Gasteiger partial charge in [-0.2, -0.15) is 13.2 Å². The largest absolute Gasteiger partial charge is 0.490 e. The zero-order valence-corrected chi connectivity index (χ0v) is 16.3. The van der Waals surface area contributed by atoms with Crippen LogP contribution in [0.4, 0.5) is 13.2 Å². The number of carbonyl (C=O) groups is 2. The lowest BCUT2D eigenvalue weighted by molar-refractivity contribution is -0.192. The number of likely N-dealkylation sites (tertiary alicyclic amines) is 1. The minimum absolute atomic E-state index is 0.243. The molecule has 28 heavy (non-hydrogen) atoms. The van der Waals surface area contributed by atoms with E-state index < -0.39 is 12.1 Å². The highest BCUT2D eigenvalue weighted by Gasteiger charge is 2.51. The molecule has 1 unspecified atom stereocenters. The highest BCUT2D eigenvalue weighted by Crippen LogP contribution is 2.46. The standard InChI is InChI=1S/C16H22N2O2S.C2HF3O2/c1-2-3-6-15(19)18-11-16(12-18)8-14(10-21-16)20-13-5-4-7-17-9-13;3-2(4,5)1(6)7/h4-5,7,9,14H,2-3,6,8,10-12H2,1H3;(H,6,7). The maximum Gasteiger partial charge on any atom is 0.490 e. The highest BCUT2D eigenvalue weighted by atomic mass is 32.2. The summed E-state index contributed by atoms with van der Waals surface area (Å²) in [4.78, 5) is 27.0. The van der Waals surface area contributed by atoms with Crippen molar-refractivity contribution in [2.75, 3.05) is 18.8 Å². The molecule has 3 heterocycles. The molecule has 2 fully saturated rings. The summed E-state index contributed by atoms with van der Waals surface area (Å²) in [5.41, 5.74) is 0. The van der Waals surface area contributed by atoms with E-state index in [-0.39, 0.29) is 10.9 Å². The van der Waals surface area contributed by atoms with Gasteiger partial charge in [-0.1, -0.05) is 13.3 Å². The third kappa shape index (κ3) is 6.29. The molecule has 1 spiro atoms. The molecule has 1 N–H and O–H groups in total. The molecule has 0 bridgehead atoms. The lowest BCUT2D eigenvalue weighted by Crippen LogP contribution is -2.60. The third-order valence-electron chi connectivity index (χ3n) is 4.41. The Morgan fingerprint density at radius 3 is 2.64 bits per heavy atom. The van der Waals surface area contributed by atoms with E-state index in [1.165, 1.54) is 0 Å². The minimum atomic E-state index is -5.08. The number of hydrogen-bond acceptors (Lipinski definition) is 5. The molecular formula is C18H23F3N2O4S. The van der Waals surface area contributed by atoms with E-state index in [0.717, 1.165) is 43.9 Å². The number of carbonyl (C=O) groups excluding carboxylic acids is 1. The van der Waals surface area contributed by atoms with Crippen molar-refractivity contribution < 1.29 is 32.6 Å². The number of hydrogen-bond donors (Lipinski definition) is 1. The molecule has 156 valence electrons. The third-order valence-corrected chi connectivity index (χ3v) is 5.99. The number of aromatic nitrogens is 1.